The minimum absolute atomic E-state index is 0.00120. The lowest BCUT2D eigenvalue weighted by molar-refractivity contribution is -0.125. The molecule has 3 heteroatoms. The van der Waals surface area contributed by atoms with Gasteiger partial charge in [0.1, 0.15) is 5.75 Å². The van der Waals surface area contributed by atoms with Gasteiger partial charge in [-0.2, -0.15) is 0 Å². The number of para-hydroxylation sites is 2. The van der Waals surface area contributed by atoms with E-state index in [4.69, 9.17) is 4.74 Å². The summed E-state index contributed by atoms with van der Waals surface area (Å²) in [6.07, 6.45) is -0.375. The molecule has 1 unspecified atom stereocenters. The number of rotatable bonds is 0. The number of fused-ring (bicyclic) bond motifs is 1. The Labute approximate surface area is 76.9 Å². The average molecular weight is 177 g/mol. The number of nitrogens with zero attached hydrogens (tertiary/aromatic N) is 1. The minimum Gasteiger partial charge on any atom is -0.479 e. The first-order valence-electron chi connectivity index (χ1n) is 4.23. The van der Waals surface area contributed by atoms with Crippen molar-refractivity contribution in [3.05, 3.63) is 24.3 Å². The van der Waals surface area contributed by atoms with Crippen LogP contribution in [0.15, 0.2) is 24.3 Å². The Hall–Kier alpha value is -1.51. The van der Waals surface area contributed by atoms with Crippen LogP contribution in [-0.2, 0) is 4.79 Å². The summed E-state index contributed by atoms with van der Waals surface area (Å²) in [7, 11) is 1.76. The monoisotopic (exact) mass is 177 g/mol. The SMILES string of the molecule is CC1Oc2ccccc2N(C)C1=O. The predicted octanol–water partition coefficient (Wildman–Crippen LogP) is 1.43. The Kier molecular flexibility index (Phi) is 1.72. The molecule has 0 bridgehead atoms. The zero-order valence-electron chi connectivity index (χ0n) is 7.65. The maximum absolute atomic E-state index is 11.5. The van der Waals surface area contributed by atoms with E-state index in [-0.39, 0.29) is 12.0 Å². The van der Waals surface area contributed by atoms with Crippen LogP contribution in [0.4, 0.5) is 5.69 Å². The molecule has 0 aromatic heterocycles. The summed E-state index contributed by atoms with van der Waals surface area (Å²) < 4.78 is 5.42. The van der Waals surface area contributed by atoms with Crippen molar-refractivity contribution in [1.29, 1.82) is 0 Å². The van der Waals surface area contributed by atoms with E-state index in [1.165, 1.54) is 0 Å². The highest BCUT2D eigenvalue weighted by Crippen LogP contribution is 2.32. The number of carbonyl (C=O) groups is 1. The Bertz CT molecular complexity index is 349. The summed E-state index contributed by atoms with van der Waals surface area (Å²) in [5.41, 5.74) is 0.839. The van der Waals surface area contributed by atoms with Gasteiger partial charge in [0.25, 0.3) is 5.91 Å². The van der Waals surface area contributed by atoms with Crippen LogP contribution in [0.25, 0.3) is 0 Å². The second-order valence-corrected chi connectivity index (χ2v) is 3.13. The van der Waals surface area contributed by atoms with Gasteiger partial charge in [0.05, 0.1) is 5.69 Å². The molecular formula is C10H11NO2. The van der Waals surface area contributed by atoms with Crippen molar-refractivity contribution in [3.63, 3.8) is 0 Å². The van der Waals surface area contributed by atoms with E-state index < -0.39 is 0 Å². The molecule has 0 saturated carbocycles. The van der Waals surface area contributed by atoms with Gasteiger partial charge in [0.2, 0.25) is 0 Å². The normalized spacial score (nSPS) is 20.9. The maximum atomic E-state index is 11.5. The second-order valence-electron chi connectivity index (χ2n) is 3.13. The first-order valence-corrected chi connectivity index (χ1v) is 4.23. The van der Waals surface area contributed by atoms with Gasteiger partial charge in [-0.15, -0.1) is 0 Å². The molecule has 3 nitrogen and oxygen atoms in total. The van der Waals surface area contributed by atoms with Gasteiger partial charge in [0, 0.05) is 7.05 Å². The van der Waals surface area contributed by atoms with Crippen molar-refractivity contribution in [1.82, 2.24) is 0 Å². The van der Waals surface area contributed by atoms with E-state index in [0.717, 1.165) is 11.4 Å². The molecule has 13 heavy (non-hydrogen) atoms. The molecule has 1 aromatic rings. The fourth-order valence-corrected chi connectivity index (χ4v) is 1.47. The minimum atomic E-state index is -0.375. The van der Waals surface area contributed by atoms with Gasteiger partial charge in [-0.25, -0.2) is 0 Å². The average Bonchev–Trinajstić information content (AvgIpc) is 2.15. The summed E-state index contributed by atoms with van der Waals surface area (Å²) in [6, 6.07) is 7.53. The van der Waals surface area contributed by atoms with Crippen molar-refractivity contribution in [2.75, 3.05) is 11.9 Å². The van der Waals surface area contributed by atoms with E-state index in [1.807, 2.05) is 24.3 Å². The number of benzene rings is 1. The summed E-state index contributed by atoms with van der Waals surface area (Å²) in [6.45, 7) is 1.76. The van der Waals surface area contributed by atoms with Crippen LogP contribution in [0.5, 0.6) is 5.75 Å². The van der Waals surface area contributed by atoms with Crippen molar-refractivity contribution in [2.45, 2.75) is 13.0 Å². The third-order valence-electron chi connectivity index (χ3n) is 2.21. The van der Waals surface area contributed by atoms with Crippen molar-refractivity contribution >= 4 is 11.6 Å². The predicted molar refractivity (Wildman–Crippen MR) is 49.9 cm³/mol. The number of anilines is 1. The van der Waals surface area contributed by atoms with Crippen LogP contribution in [0.1, 0.15) is 6.92 Å². The lowest BCUT2D eigenvalue weighted by Gasteiger charge is -2.29. The topological polar surface area (TPSA) is 29.5 Å². The number of amides is 1. The molecule has 0 saturated heterocycles. The molecule has 1 amide bonds. The highest BCUT2D eigenvalue weighted by Gasteiger charge is 2.27. The largest absolute Gasteiger partial charge is 0.479 e. The lowest BCUT2D eigenvalue weighted by atomic mass is 10.2. The fourth-order valence-electron chi connectivity index (χ4n) is 1.47. The van der Waals surface area contributed by atoms with E-state index in [9.17, 15) is 4.79 Å². The van der Waals surface area contributed by atoms with E-state index in [2.05, 4.69) is 0 Å². The molecule has 1 heterocycles. The summed E-state index contributed by atoms with van der Waals surface area (Å²) in [4.78, 5) is 13.1. The lowest BCUT2D eigenvalue weighted by Crippen LogP contribution is -2.41. The molecule has 68 valence electrons. The number of likely N-dealkylation sites (N-methyl/N-ethyl adjacent to an activating group) is 1. The zero-order chi connectivity index (χ0) is 9.42. The molecule has 0 radical (unpaired) electrons. The standard InChI is InChI=1S/C10H11NO2/c1-7-10(12)11(2)8-5-3-4-6-9(8)13-7/h3-7H,1-2H3. The van der Waals surface area contributed by atoms with Crippen molar-refractivity contribution < 1.29 is 9.53 Å². The van der Waals surface area contributed by atoms with Crippen LogP contribution in [0.2, 0.25) is 0 Å². The molecule has 0 aliphatic carbocycles. The van der Waals surface area contributed by atoms with E-state index >= 15 is 0 Å². The molecular weight excluding hydrogens is 166 g/mol. The Balaban J connectivity index is 2.49. The van der Waals surface area contributed by atoms with Gasteiger partial charge in [0.15, 0.2) is 6.10 Å². The van der Waals surface area contributed by atoms with Crippen LogP contribution in [0.3, 0.4) is 0 Å². The smallest absolute Gasteiger partial charge is 0.267 e. The Morgan fingerprint density at radius 2 is 2.08 bits per heavy atom. The first kappa shape index (κ1) is 8.10. The molecule has 1 aliphatic rings. The van der Waals surface area contributed by atoms with Crippen molar-refractivity contribution in [3.8, 4) is 5.75 Å². The molecule has 1 aromatic carbocycles. The second kappa shape index (κ2) is 2.76. The van der Waals surface area contributed by atoms with Crippen LogP contribution in [0, 0.1) is 0 Å². The number of hydrogen-bond donors (Lipinski definition) is 0. The van der Waals surface area contributed by atoms with E-state index in [1.54, 1.807) is 18.9 Å². The maximum Gasteiger partial charge on any atom is 0.267 e. The van der Waals surface area contributed by atoms with Gasteiger partial charge in [-0.1, -0.05) is 12.1 Å². The van der Waals surface area contributed by atoms with E-state index in [0.29, 0.717) is 0 Å². The molecule has 2 rings (SSSR count). The first-order chi connectivity index (χ1) is 6.20. The van der Waals surface area contributed by atoms with Gasteiger partial charge >= 0.3 is 0 Å². The van der Waals surface area contributed by atoms with Crippen LogP contribution >= 0.6 is 0 Å². The Morgan fingerprint density at radius 1 is 1.38 bits per heavy atom. The summed E-state index contributed by atoms with van der Waals surface area (Å²) in [5, 5.41) is 0. The summed E-state index contributed by atoms with van der Waals surface area (Å²) in [5.74, 6) is 0.774. The molecule has 0 spiro atoms. The van der Waals surface area contributed by atoms with Crippen LogP contribution in [-0.4, -0.2) is 19.1 Å². The molecule has 1 atom stereocenters. The fraction of sp³-hybridized carbons (Fsp3) is 0.300. The van der Waals surface area contributed by atoms with Crippen LogP contribution < -0.4 is 9.64 Å². The Morgan fingerprint density at radius 3 is 2.85 bits per heavy atom. The van der Waals surface area contributed by atoms with Gasteiger partial charge in [-0.3, -0.25) is 4.79 Å². The quantitative estimate of drug-likeness (QED) is 0.600. The number of carbonyl (C=O) groups excluding carboxylic acids is 1. The van der Waals surface area contributed by atoms with Gasteiger partial charge in [-0.05, 0) is 19.1 Å². The van der Waals surface area contributed by atoms with Gasteiger partial charge < -0.3 is 9.64 Å². The van der Waals surface area contributed by atoms with Crippen molar-refractivity contribution in [2.24, 2.45) is 0 Å². The number of ether oxygens (including phenoxy) is 1. The third kappa shape index (κ3) is 1.16. The molecule has 0 N–H and O–H groups in total. The molecule has 0 fully saturated rings. The molecule has 1 aliphatic heterocycles. The number of hydrogen-bond acceptors (Lipinski definition) is 2. The summed E-state index contributed by atoms with van der Waals surface area (Å²) >= 11 is 0. The highest BCUT2D eigenvalue weighted by molar-refractivity contribution is 5.99. The highest BCUT2D eigenvalue weighted by atomic mass is 16.5. The third-order valence-corrected chi connectivity index (χ3v) is 2.21. The zero-order valence-corrected chi connectivity index (χ0v) is 7.65.